The Bertz CT molecular complexity index is 347. The van der Waals surface area contributed by atoms with Gasteiger partial charge in [-0.15, -0.1) is 0 Å². The van der Waals surface area contributed by atoms with E-state index in [2.05, 4.69) is 31.0 Å². The predicted molar refractivity (Wildman–Crippen MR) is 95.8 cm³/mol. The van der Waals surface area contributed by atoms with Crippen LogP contribution in [-0.2, 0) is 4.74 Å². The van der Waals surface area contributed by atoms with Gasteiger partial charge in [0.05, 0.1) is 0 Å². The first-order valence-corrected chi connectivity index (χ1v) is 9.16. The highest BCUT2D eigenvalue weighted by atomic mass is 16.6. The molecule has 0 radical (unpaired) electrons. The summed E-state index contributed by atoms with van der Waals surface area (Å²) in [5, 5.41) is 3.61. The van der Waals surface area contributed by atoms with Crippen molar-refractivity contribution >= 4 is 6.09 Å². The maximum atomic E-state index is 12.0. The lowest BCUT2D eigenvalue weighted by Crippen LogP contribution is -2.50. The summed E-state index contributed by atoms with van der Waals surface area (Å²) in [4.78, 5) is 16.3. The van der Waals surface area contributed by atoms with E-state index in [0.29, 0.717) is 6.04 Å². The minimum absolute atomic E-state index is 0.179. The van der Waals surface area contributed by atoms with Gasteiger partial charge in [0.2, 0.25) is 0 Å². The molecule has 1 fully saturated rings. The van der Waals surface area contributed by atoms with E-state index < -0.39 is 5.60 Å². The molecule has 5 nitrogen and oxygen atoms in total. The molecule has 1 N–H and O–H groups in total. The van der Waals surface area contributed by atoms with Gasteiger partial charge >= 0.3 is 6.09 Å². The van der Waals surface area contributed by atoms with Crippen molar-refractivity contribution in [2.75, 3.05) is 39.3 Å². The highest BCUT2D eigenvalue weighted by Gasteiger charge is 2.25. The molecule has 0 aromatic carbocycles. The molecule has 5 heteroatoms. The predicted octanol–water partition coefficient (Wildman–Crippen LogP) is 2.95. The molecule has 0 aromatic rings. The second-order valence-electron chi connectivity index (χ2n) is 7.79. The van der Waals surface area contributed by atoms with E-state index in [-0.39, 0.29) is 6.09 Å². The Morgan fingerprint density at radius 3 is 2.30 bits per heavy atom. The first kappa shape index (κ1) is 20.2. The van der Waals surface area contributed by atoms with Crippen LogP contribution in [0.2, 0.25) is 0 Å². The van der Waals surface area contributed by atoms with Crippen molar-refractivity contribution < 1.29 is 9.53 Å². The van der Waals surface area contributed by atoms with Crippen LogP contribution < -0.4 is 5.32 Å². The van der Waals surface area contributed by atoms with Gasteiger partial charge in [0.25, 0.3) is 0 Å². The van der Waals surface area contributed by atoms with Gasteiger partial charge in [-0.1, -0.05) is 20.3 Å². The molecule has 1 rings (SSSR count). The molecule has 2 atom stereocenters. The summed E-state index contributed by atoms with van der Waals surface area (Å²) < 4.78 is 5.43. The van der Waals surface area contributed by atoms with Crippen LogP contribution in [0.3, 0.4) is 0 Å². The van der Waals surface area contributed by atoms with Gasteiger partial charge in [-0.05, 0) is 53.1 Å². The molecule has 1 saturated heterocycles. The van der Waals surface area contributed by atoms with Gasteiger partial charge in [-0.25, -0.2) is 4.79 Å². The smallest absolute Gasteiger partial charge is 0.410 e. The number of carbonyl (C=O) groups is 1. The Kier molecular flexibility index (Phi) is 8.34. The van der Waals surface area contributed by atoms with E-state index in [1.165, 1.54) is 6.42 Å². The number of hydrogen-bond acceptors (Lipinski definition) is 4. The first-order valence-electron chi connectivity index (χ1n) is 9.16. The third-order valence-corrected chi connectivity index (χ3v) is 4.64. The number of hydrogen-bond donors (Lipinski definition) is 1. The zero-order chi connectivity index (χ0) is 17.5. The maximum Gasteiger partial charge on any atom is 0.410 e. The first-order chi connectivity index (χ1) is 10.7. The molecule has 0 saturated carbocycles. The van der Waals surface area contributed by atoms with E-state index in [4.69, 9.17) is 4.74 Å². The molecule has 1 aliphatic rings. The van der Waals surface area contributed by atoms with Crippen LogP contribution in [0, 0.1) is 5.92 Å². The molecule has 2 unspecified atom stereocenters. The normalized spacial score (nSPS) is 19.5. The summed E-state index contributed by atoms with van der Waals surface area (Å²) in [6.45, 7) is 18.1. The molecule has 0 aromatic heterocycles. The van der Waals surface area contributed by atoms with Crippen LogP contribution in [0.25, 0.3) is 0 Å². The Labute approximate surface area is 142 Å². The minimum Gasteiger partial charge on any atom is -0.444 e. The zero-order valence-corrected chi connectivity index (χ0v) is 16.0. The molecule has 1 amide bonds. The Balaban J connectivity index is 2.16. The molecule has 0 spiro atoms. The van der Waals surface area contributed by atoms with Crippen molar-refractivity contribution in [3.8, 4) is 0 Å². The minimum atomic E-state index is -0.411. The standard InChI is InChI=1S/C18H37N3O2/c1-7-15(2)16(3)19-9-8-10-20-11-13-21(14-12-20)17(22)23-18(4,5)6/h15-16,19H,7-14H2,1-6H3. The van der Waals surface area contributed by atoms with Crippen LogP contribution in [0.1, 0.15) is 54.4 Å². The summed E-state index contributed by atoms with van der Waals surface area (Å²) in [7, 11) is 0. The number of carbonyl (C=O) groups excluding carboxylic acids is 1. The maximum absolute atomic E-state index is 12.0. The fraction of sp³-hybridized carbons (Fsp3) is 0.944. The molecular formula is C18H37N3O2. The Hall–Kier alpha value is -0.810. The molecule has 1 aliphatic heterocycles. The van der Waals surface area contributed by atoms with Crippen molar-refractivity contribution in [2.24, 2.45) is 5.92 Å². The van der Waals surface area contributed by atoms with Gasteiger partial charge in [-0.2, -0.15) is 0 Å². The average Bonchev–Trinajstić information content (AvgIpc) is 2.49. The summed E-state index contributed by atoms with van der Waals surface area (Å²) in [6, 6.07) is 0.587. The quantitative estimate of drug-likeness (QED) is 0.730. The number of ether oxygens (including phenoxy) is 1. The molecule has 1 heterocycles. The van der Waals surface area contributed by atoms with E-state index >= 15 is 0 Å². The van der Waals surface area contributed by atoms with E-state index in [0.717, 1.165) is 51.6 Å². The van der Waals surface area contributed by atoms with Crippen LogP contribution in [0.15, 0.2) is 0 Å². The molecular weight excluding hydrogens is 290 g/mol. The molecule has 0 bridgehead atoms. The fourth-order valence-electron chi connectivity index (χ4n) is 2.67. The molecule has 23 heavy (non-hydrogen) atoms. The Morgan fingerprint density at radius 2 is 1.78 bits per heavy atom. The topological polar surface area (TPSA) is 44.8 Å². The SMILES string of the molecule is CCC(C)C(C)NCCCN1CCN(C(=O)OC(C)(C)C)CC1. The number of nitrogens with zero attached hydrogens (tertiary/aromatic N) is 2. The van der Waals surface area contributed by atoms with Gasteiger partial charge in [0, 0.05) is 32.2 Å². The lowest BCUT2D eigenvalue weighted by Gasteiger charge is -2.35. The van der Waals surface area contributed by atoms with Gasteiger partial charge in [0.1, 0.15) is 5.60 Å². The third-order valence-electron chi connectivity index (χ3n) is 4.64. The fourth-order valence-corrected chi connectivity index (χ4v) is 2.67. The van der Waals surface area contributed by atoms with E-state index in [1.807, 2.05) is 25.7 Å². The lowest BCUT2D eigenvalue weighted by molar-refractivity contribution is 0.0144. The highest BCUT2D eigenvalue weighted by molar-refractivity contribution is 5.68. The number of nitrogens with one attached hydrogen (secondary N) is 1. The summed E-state index contributed by atoms with van der Waals surface area (Å²) >= 11 is 0. The van der Waals surface area contributed by atoms with Gasteiger partial charge < -0.3 is 15.0 Å². The highest BCUT2D eigenvalue weighted by Crippen LogP contribution is 2.12. The number of rotatable bonds is 7. The van der Waals surface area contributed by atoms with Crippen molar-refractivity contribution in [3.05, 3.63) is 0 Å². The van der Waals surface area contributed by atoms with E-state index in [9.17, 15) is 4.79 Å². The molecule has 0 aliphatic carbocycles. The van der Waals surface area contributed by atoms with Crippen molar-refractivity contribution in [2.45, 2.75) is 66.0 Å². The second-order valence-corrected chi connectivity index (χ2v) is 7.79. The van der Waals surface area contributed by atoms with Crippen LogP contribution in [0.5, 0.6) is 0 Å². The van der Waals surface area contributed by atoms with Gasteiger partial charge in [-0.3, -0.25) is 4.90 Å². The van der Waals surface area contributed by atoms with Crippen molar-refractivity contribution in [1.29, 1.82) is 0 Å². The average molecular weight is 328 g/mol. The van der Waals surface area contributed by atoms with Crippen LogP contribution >= 0.6 is 0 Å². The second kappa shape index (κ2) is 9.48. The van der Waals surface area contributed by atoms with E-state index in [1.54, 1.807) is 0 Å². The largest absolute Gasteiger partial charge is 0.444 e. The van der Waals surface area contributed by atoms with Crippen LogP contribution in [0.4, 0.5) is 4.79 Å². The Morgan fingerprint density at radius 1 is 1.17 bits per heavy atom. The molecule has 136 valence electrons. The zero-order valence-electron chi connectivity index (χ0n) is 16.0. The number of piperazine rings is 1. The summed E-state index contributed by atoms with van der Waals surface area (Å²) in [6.07, 6.45) is 2.20. The van der Waals surface area contributed by atoms with Crippen molar-refractivity contribution in [1.82, 2.24) is 15.1 Å². The van der Waals surface area contributed by atoms with Crippen LogP contribution in [-0.4, -0.2) is 66.8 Å². The van der Waals surface area contributed by atoms with Gasteiger partial charge in [0.15, 0.2) is 0 Å². The third kappa shape index (κ3) is 8.02. The summed E-state index contributed by atoms with van der Waals surface area (Å²) in [5.41, 5.74) is -0.411. The lowest BCUT2D eigenvalue weighted by atomic mass is 10.0. The summed E-state index contributed by atoms with van der Waals surface area (Å²) in [5.74, 6) is 0.729. The van der Waals surface area contributed by atoms with Crippen molar-refractivity contribution in [3.63, 3.8) is 0 Å². The number of amides is 1. The monoisotopic (exact) mass is 327 g/mol.